The van der Waals surface area contributed by atoms with Gasteiger partial charge in [0, 0.05) is 24.0 Å². The molecule has 7 nitrogen and oxygen atoms in total. The first-order valence-electron chi connectivity index (χ1n) is 12.4. The molecule has 1 amide bonds. The van der Waals surface area contributed by atoms with Crippen molar-refractivity contribution in [1.29, 1.82) is 0 Å². The number of amides is 1. The van der Waals surface area contributed by atoms with E-state index in [-0.39, 0.29) is 5.91 Å². The fraction of sp³-hybridized carbons (Fsp3) is 0.207. The molecule has 5 rings (SSSR count). The Balaban J connectivity index is 1.28. The minimum absolute atomic E-state index is 0.283. The highest BCUT2D eigenvalue weighted by Crippen LogP contribution is 2.33. The number of aromatic nitrogens is 2. The maximum absolute atomic E-state index is 11.6. The predicted octanol–water partition coefficient (Wildman–Crippen LogP) is 6.85. The highest BCUT2D eigenvalue weighted by molar-refractivity contribution is 7.17. The predicted molar refractivity (Wildman–Crippen MR) is 152 cm³/mol. The van der Waals surface area contributed by atoms with Crippen LogP contribution in [0.2, 0.25) is 0 Å². The lowest BCUT2D eigenvalue weighted by Crippen LogP contribution is -2.29. The third-order valence-corrected chi connectivity index (χ3v) is 6.96. The van der Waals surface area contributed by atoms with Gasteiger partial charge in [0.15, 0.2) is 0 Å². The van der Waals surface area contributed by atoms with E-state index in [1.165, 1.54) is 49.8 Å². The van der Waals surface area contributed by atoms with Gasteiger partial charge in [0.25, 0.3) is 0 Å². The van der Waals surface area contributed by atoms with Crippen molar-refractivity contribution >= 4 is 50.9 Å². The van der Waals surface area contributed by atoms with Gasteiger partial charge in [0.2, 0.25) is 17.7 Å². The second-order valence-electron chi connectivity index (χ2n) is 8.82. The first-order valence-corrected chi connectivity index (χ1v) is 13.3. The molecule has 3 heterocycles. The van der Waals surface area contributed by atoms with Crippen molar-refractivity contribution in [2.75, 3.05) is 30.3 Å². The van der Waals surface area contributed by atoms with Gasteiger partial charge in [0.1, 0.15) is 10.4 Å². The Labute approximate surface area is 220 Å². The molecular weight excluding hydrogens is 482 g/mol. The summed E-state index contributed by atoms with van der Waals surface area (Å²) in [4.78, 5) is 23.4. The molecular formula is C29H29N5O2S. The van der Waals surface area contributed by atoms with Crippen molar-refractivity contribution in [3.05, 3.63) is 84.3 Å². The van der Waals surface area contributed by atoms with Gasteiger partial charge in [-0.3, -0.25) is 9.69 Å². The molecule has 0 spiro atoms. The molecule has 0 atom stereocenters. The van der Waals surface area contributed by atoms with Gasteiger partial charge in [-0.25, -0.2) is 4.98 Å². The zero-order chi connectivity index (χ0) is 25.5. The lowest BCUT2D eigenvalue weighted by molar-refractivity contribution is -0.111. The summed E-state index contributed by atoms with van der Waals surface area (Å²) >= 11 is 1.51. The molecule has 188 valence electrons. The van der Waals surface area contributed by atoms with Gasteiger partial charge >= 0.3 is 0 Å². The van der Waals surface area contributed by atoms with Crippen LogP contribution >= 0.6 is 11.3 Å². The van der Waals surface area contributed by atoms with E-state index in [4.69, 9.17) is 4.74 Å². The molecule has 1 saturated heterocycles. The molecule has 37 heavy (non-hydrogen) atoms. The molecule has 0 bridgehead atoms. The Morgan fingerprint density at radius 1 is 1.05 bits per heavy atom. The molecule has 2 aromatic carbocycles. The third-order valence-electron chi connectivity index (χ3n) is 6.06. The third kappa shape index (κ3) is 6.61. The summed E-state index contributed by atoms with van der Waals surface area (Å²) in [7, 11) is 0. The van der Waals surface area contributed by atoms with E-state index in [2.05, 4.69) is 56.4 Å². The van der Waals surface area contributed by atoms with Crippen LogP contribution in [0.3, 0.4) is 0 Å². The molecule has 0 aliphatic carbocycles. The first kappa shape index (κ1) is 24.7. The second-order valence-corrected chi connectivity index (χ2v) is 9.74. The van der Waals surface area contributed by atoms with Crippen LogP contribution < -0.4 is 15.4 Å². The molecule has 0 radical (unpaired) electrons. The molecule has 8 heteroatoms. The molecule has 2 N–H and O–H groups in total. The Morgan fingerprint density at radius 3 is 2.70 bits per heavy atom. The number of rotatable bonds is 9. The molecule has 1 aliphatic rings. The van der Waals surface area contributed by atoms with Gasteiger partial charge in [-0.2, -0.15) is 4.98 Å². The second kappa shape index (κ2) is 11.8. The lowest BCUT2D eigenvalue weighted by atomic mass is 10.1. The summed E-state index contributed by atoms with van der Waals surface area (Å²) in [5, 5.41) is 8.00. The number of hydrogen-bond acceptors (Lipinski definition) is 7. The standard InChI is InChI=1S/C29H29N5O2S/c1-2-26(35)30-23-9-6-10-24(20-23)36-28-27-25(15-19-37-27)32-29(33-28)31-22-13-11-21(12-14-22)8-7-18-34-16-4-3-5-17-34/h2,6-15,19-20H,1,3-5,16-18H2,(H,30,35)(H,31,32,33). The zero-order valence-corrected chi connectivity index (χ0v) is 21.3. The molecule has 1 aliphatic heterocycles. The average molecular weight is 512 g/mol. The minimum Gasteiger partial charge on any atom is -0.437 e. The number of hydrogen-bond donors (Lipinski definition) is 2. The maximum Gasteiger partial charge on any atom is 0.247 e. The van der Waals surface area contributed by atoms with Crippen molar-refractivity contribution < 1.29 is 9.53 Å². The maximum atomic E-state index is 11.6. The van der Waals surface area contributed by atoms with Crippen LogP contribution in [0.15, 0.2) is 78.7 Å². The van der Waals surface area contributed by atoms with Crippen LogP contribution in [-0.2, 0) is 4.79 Å². The van der Waals surface area contributed by atoms with E-state index >= 15 is 0 Å². The smallest absolute Gasteiger partial charge is 0.247 e. The molecule has 1 fully saturated rings. The fourth-order valence-corrected chi connectivity index (χ4v) is 4.95. The summed E-state index contributed by atoms with van der Waals surface area (Å²) < 4.78 is 6.97. The van der Waals surface area contributed by atoms with Crippen molar-refractivity contribution in [1.82, 2.24) is 14.9 Å². The monoisotopic (exact) mass is 511 g/mol. The lowest BCUT2D eigenvalue weighted by Gasteiger charge is -2.24. The Kier molecular flexibility index (Phi) is 7.88. The van der Waals surface area contributed by atoms with Crippen LogP contribution in [-0.4, -0.2) is 40.4 Å². The Hall–Kier alpha value is -4.01. The van der Waals surface area contributed by atoms with Crippen LogP contribution in [0.4, 0.5) is 17.3 Å². The number of anilines is 3. The fourth-order valence-electron chi connectivity index (χ4n) is 4.19. The van der Waals surface area contributed by atoms with E-state index in [0.29, 0.717) is 23.3 Å². The van der Waals surface area contributed by atoms with Crippen LogP contribution in [0.5, 0.6) is 11.6 Å². The van der Waals surface area contributed by atoms with Crippen molar-refractivity contribution in [3.8, 4) is 11.6 Å². The number of benzene rings is 2. The van der Waals surface area contributed by atoms with Gasteiger partial charge in [-0.15, -0.1) is 11.3 Å². The van der Waals surface area contributed by atoms with Gasteiger partial charge < -0.3 is 15.4 Å². The van der Waals surface area contributed by atoms with Crippen LogP contribution in [0.25, 0.3) is 16.3 Å². The SMILES string of the molecule is C=CC(=O)Nc1cccc(Oc2nc(Nc3ccc(C=CCN4CCCCC4)cc3)nc3ccsc23)c1. The van der Waals surface area contributed by atoms with E-state index < -0.39 is 0 Å². The van der Waals surface area contributed by atoms with Crippen molar-refractivity contribution in [3.63, 3.8) is 0 Å². The summed E-state index contributed by atoms with van der Waals surface area (Å²) in [6.07, 6.45) is 9.60. The topological polar surface area (TPSA) is 79.4 Å². The summed E-state index contributed by atoms with van der Waals surface area (Å²) in [5.41, 5.74) is 3.46. The number of thiophene rings is 1. The number of fused-ring (bicyclic) bond motifs is 1. The normalized spacial score (nSPS) is 14.1. The van der Waals surface area contributed by atoms with E-state index in [9.17, 15) is 4.79 Å². The summed E-state index contributed by atoms with van der Waals surface area (Å²) in [6, 6.07) is 17.3. The highest BCUT2D eigenvalue weighted by atomic mass is 32.1. The van der Waals surface area contributed by atoms with Crippen molar-refractivity contribution in [2.24, 2.45) is 0 Å². The average Bonchev–Trinajstić information content (AvgIpc) is 3.40. The largest absolute Gasteiger partial charge is 0.437 e. The number of ether oxygens (including phenoxy) is 1. The number of carbonyl (C=O) groups excluding carboxylic acids is 1. The van der Waals surface area contributed by atoms with Crippen molar-refractivity contribution in [2.45, 2.75) is 19.3 Å². The van der Waals surface area contributed by atoms with Gasteiger partial charge in [0.05, 0.1) is 5.52 Å². The minimum atomic E-state index is -0.283. The first-order chi connectivity index (χ1) is 18.2. The molecule has 0 unspecified atom stereocenters. The van der Waals surface area contributed by atoms with Crippen LogP contribution in [0, 0.1) is 0 Å². The molecule has 2 aromatic heterocycles. The number of piperidine rings is 1. The van der Waals surface area contributed by atoms with Crippen LogP contribution in [0.1, 0.15) is 24.8 Å². The highest BCUT2D eigenvalue weighted by Gasteiger charge is 2.13. The van der Waals surface area contributed by atoms with Gasteiger partial charge in [-0.1, -0.05) is 43.4 Å². The molecule has 0 saturated carbocycles. The Bertz CT molecular complexity index is 1410. The number of nitrogens with zero attached hydrogens (tertiary/aromatic N) is 3. The number of carbonyl (C=O) groups is 1. The zero-order valence-electron chi connectivity index (χ0n) is 20.5. The van der Waals surface area contributed by atoms with E-state index in [1.807, 2.05) is 35.7 Å². The number of nitrogens with one attached hydrogen (secondary N) is 2. The quantitative estimate of drug-likeness (QED) is 0.239. The van der Waals surface area contributed by atoms with E-state index in [1.54, 1.807) is 12.1 Å². The molecule has 4 aromatic rings. The van der Waals surface area contributed by atoms with Gasteiger partial charge in [-0.05, 0) is 73.3 Å². The Morgan fingerprint density at radius 2 is 1.89 bits per heavy atom. The van der Waals surface area contributed by atoms with E-state index in [0.717, 1.165) is 28.0 Å². The summed E-state index contributed by atoms with van der Waals surface area (Å²) in [5.74, 6) is 1.18. The number of likely N-dealkylation sites (tertiary alicyclic amines) is 1. The summed E-state index contributed by atoms with van der Waals surface area (Å²) in [6.45, 7) is 6.88.